The van der Waals surface area contributed by atoms with Crippen molar-refractivity contribution in [2.24, 2.45) is 6.26 Å². The highest BCUT2D eigenvalue weighted by atomic mass is 32.2. The molecule has 7 aromatic carbocycles. The Balaban J connectivity index is 1.20. The van der Waals surface area contributed by atoms with Crippen LogP contribution in [0.5, 0.6) is 0 Å². The minimum atomic E-state index is 0.00682. The second-order valence-electron chi connectivity index (χ2n) is 12.2. The number of hydrogen-bond donors (Lipinski definition) is 0. The predicted molar refractivity (Wildman–Crippen MR) is 205 cm³/mol. The summed E-state index contributed by atoms with van der Waals surface area (Å²) >= 11 is 0. The van der Waals surface area contributed by atoms with Crippen LogP contribution >= 0.6 is 10.5 Å². The lowest BCUT2D eigenvalue weighted by atomic mass is 9.92. The number of aryl methyl sites for hydroxylation is 1. The number of benzene rings is 7. The summed E-state index contributed by atoms with van der Waals surface area (Å²) in [6.45, 7) is 0. The molecule has 0 bridgehead atoms. The molecule has 0 amide bonds. The van der Waals surface area contributed by atoms with Gasteiger partial charge in [0.05, 0.1) is 16.6 Å². The fraction of sp³-hybridized carbons (Fsp3) is 0.0222. The Bertz CT molecular complexity index is 2620. The zero-order valence-electron chi connectivity index (χ0n) is 26.5. The molecule has 1 unspecified atom stereocenters. The molecule has 0 N–H and O–H groups in total. The first kappa shape index (κ1) is 28.3. The maximum Gasteiger partial charge on any atom is 0.182 e. The summed E-state index contributed by atoms with van der Waals surface area (Å²) in [5.41, 5.74) is 11.2. The summed E-state index contributed by atoms with van der Waals surface area (Å²) in [6, 6.07) is 60.6. The van der Waals surface area contributed by atoms with Gasteiger partial charge >= 0.3 is 0 Å². The third-order valence-electron chi connectivity index (χ3n) is 9.33. The first-order valence-electron chi connectivity index (χ1n) is 16.2. The highest BCUT2D eigenvalue weighted by Gasteiger charge is 2.23. The standard InChI is InChI=1S/C45H31N2S/c1-48-40-25-11-10-24-38(40)42-41(48)27-26-39-43(42)44(31-16-6-3-7-17-31)47-45(46-39)35-21-13-19-33(29-35)32-18-12-20-34(28-32)37-23-9-8-22-36(37)30-14-4-2-5-15-30/h2-29H,1H3/q+1. The van der Waals surface area contributed by atoms with Gasteiger partial charge in [0, 0.05) is 28.0 Å². The van der Waals surface area contributed by atoms with Gasteiger partial charge < -0.3 is 0 Å². The van der Waals surface area contributed by atoms with Crippen molar-refractivity contribution in [2.75, 3.05) is 0 Å². The van der Waals surface area contributed by atoms with E-state index in [1.165, 1.54) is 42.4 Å². The first-order valence-corrected chi connectivity index (χ1v) is 17.9. The highest BCUT2D eigenvalue weighted by molar-refractivity contribution is 7.41. The predicted octanol–water partition coefficient (Wildman–Crippen LogP) is 12.6. The van der Waals surface area contributed by atoms with Gasteiger partial charge in [0.2, 0.25) is 0 Å². The Morgan fingerprint density at radius 2 is 0.958 bits per heavy atom. The smallest absolute Gasteiger partial charge is 0.182 e. The lowest BCUT2D eigenvalue weighted by Gasteiger charge is -2.13. The van der Waals surface area contributed by atoms with Crippen LogP contribution in [-0.4, -0.2) is 9.97 Å². The van der Waals surface area contributed by atoms with Crippen molar-refractivity contribution in [1.82, 2.24) is 9.97 Å². The van der Waals surface area contributed by atoms with Crippen molar-refractivity contribution in [1.29, 1.82) is 0 Å². The molecule has 2 nitrogen and oxygen atoms in total. The molecule has 0 aliphatic rings. The Labute approximate surface area is 282 Å². The molecule has 0 aliphatic carbocycles. The van der Waals surface area contributed by atoms with Gasteiger partial charge in [-0.3, -0.25) is 0 Å². The zero-order valence-corrected chi connectivity index (χ0v) is 27.3. The van der Waals surface area contributed by atoms with Crippen LogP contribution in [0.2, 0.25) is 0 Å². The van der Waals surface area contributed by atoms with Gasteiger partial charge in [0.1, 0.15) is 6.26 Å². The van der Waals surface area contributed by atoms with E-state index in [9.17, 15) is 0 Å². The van der Waals surface area contributed by atoms with Gasteiger partial charge in [-0.15, -0.1) is 0 Å². The summed E-state index contributed by atoms with van der Waals surface area (Å²) < 4.78 is 2.76. The van der Waals surface area contributed by atoms with Gasteiger partial charge in [-0.2, -0.15) is 0 Å². The van der Waals surface area contributed by atoms with Gasteiger partial charge in [-0.25, -0.2) is 9.97 Å². The largest absolute Gasteiger partial charge is 0.228 e. The van der Waals surface area contributed by atoms with Crippen molar-refractivity contribution in [3.63, 3.8) is 0 Å². The molecule has 226 valence electrons. The molecule has 0 saturated heterocycles. The van der Waals surface area contributed by atoms with E-state index in [0.717, 1.165) is 44.7 Å². The van der Waals surface area contributed by atoms with Crippen molar-refractivity contribution in [3.05, 3.63) is 170 Å². The second-order valence-corrected chi connectivity index (χ2v) is 14.1. The molecule has 0 radical (unpaired) electrons. The summed E-state index contributed by atoms with van der Waals surface area (Å²) in [5, 5.41) is 3.71. The third kappa shape index (κ3) is 4.79. The van der Waals surface area contributed by atoms with Gasteiger partial charge in [0.15, 0.2) is 15.2 Å². The molecular formula is C45H31N2S+. The highest BCUT2D eigenvalue weighted by Crippen LogP contribution is 2.46. The van der Waals surface area contributed by atoms with Crippen molar-refractivity contribution >= 4 is 41.5 Å². The summed E-state index contributed by atoms with van der Waals surface area (Å²) in [5.74, 6) is 0.732. The van der Waals surface area contributed by atoms with Gasteiger partial charge in [-0.05, 0) is 74.2 Å². The van der Waals surface area contributed by atoms with E-state index in [-0.39, 0.29) is 10.5 Å². The number of fused-ring (bicyclic) bond motifs is 5. The fourth-order valence-corrected chi connectivity index (χ4v) is 8.84. The molecule has 9 aromatic rings. The molecule has 2 aromatic heterocycles. The molecule has 1 atom stereocenters. The van der Waals surface area contributed by atoms with E-state index in [1.54, 1.807) is 0 Å². The zero-order chi connectivity index (χ0) is 32.0. The van der Waals surface area contributed by atoms with E-state index in [1.807, 2.05) is 0 Å². The Kier molecular flexibility index (Phi) is 6.92. The maximum atomic E-state index is 5.35. The second kappa shape index (κ2) is 11.7. The van der Waals surface area contributed by atoms with E-state index in [2.05, 4.69) is 176 Å². The third-order valence-corrected chi connectivity index (χ3v) is 11.3. The Hall–Kier alpha value is -5.90. The molecule has 48 heavy (non-hydrogen) atoms. The Morgan fingerprint density at radius 1 is 0.396 bits per heavy atom. The number of hydrogen-bond acceptors (Lipinski definition) is 2. The molecule has 9 rings (SSSR count). The Morgan fingerprint density at radius 3 is 1.71 bits per heavy atom. The summed E-state index contributed by atoms with van der Waals surface area (Å²) in [6.07, 6.45) is 2.33. The molecule has 0 saturated carbocycles. The minimum absolute atomic E-state index is 0.00682. The van der Waals surface area contributed by atoms with Gasteiger partial charge in [0.25, 0.3) is 0 Å². The van der Waals surface area contributed by atoms with Crippen molar-refractivity contribution in [3.8, 4) is 56.0 Å². The quantitative estimate of drug-likeness (QED) is 0.177. The lowest BCUT2D eigenvalue weighted by Crippen LogP contribution is -1.96. The normalized spacial score (nSPS) is 11.8. The molecule has 0 spiro atoms. The average Bonchev–Trinajstić information content (AvgIpc) is 3.46. The number of rotatable bonds is 5. The van der Waals surface area contributed by atoms with Crippen molar-refractivity contribution < 1.29 is 0 Å². The maximum absolute atomic E-state index is 5.35. The van der Waals surface area contributed by atoms with E-state index in [4.69, 9.17) is 9.97 Å². The van der Waals surface area contributed by atoms with E-state index < -0.39 is 0 Å². The SMILES string of the molecule is C[s+]1c2ccccc2c2c3c(-c4ccccc4)nc(-c4cccc(-c5cccc(-c6ccccc6-c6ccccc6)c5)c4)nc3ccc21. The van der Waals surface area contributed by atoms with Crippen LogP contribution in [0.25, 0.3) is 87.1 Å². The van der Waals surface area contributed by atoms with Crippen LogP contribution in [0.4, 0.5) is 0 Å². The lowest BCUT2D eigenvalue weighted by molar-refractivity contribution is 1.23. The molecule has 0 aliphatic heterocycles. The van der Waals surface area contributed by atoms with E-state index >= 15 is 0 Å². The number of aromatic nitrogens is 2. The van der Waals surface area contributed by atoms with Crippen LogP contribution in [0, 0.1) is 0 Å². The topological polar surface area (TPSA) is 25.8 Å². The molecule has 3 heteroatoms. The van der Waals surface area contributed by atoms with Crippen LogP contribution in [-0.2, 0) is 6.26 Å². The van der Waals surface area contributed by atoms with E-state index in [0.29, 0.717) is 0 Å². The van der Waals surface area contributed by atoms with Crippen LogP contribution in [0.3, 0.4) is 0 Å². The fourth-order valence-electron chi connectivity index (χ4n) is 7.03. The van der Waals surface area contributed by atoms with Crippen LogP contribution < -0.4 is 0 Å². The molecule has 2 heterocycles. The summed E-state index contributed by atoms with van der Waals surface area (Å²) in [7, 11) is 0.00682. The first-order chi connectivity index (χ1) is 23.7. The van der Waals surface area contributed by atoms with Crippen LogP contribution in [0.1, 0.15) is 0 Å². The van der Waals surface area contributed by atoms with Gasteiger partial charge in [-0.1, -0.05) is 133 Å². The number of nitrogens with zero attached hydrogens (tertiary/aromatic N) is 2. The monoisotopic (exact) mass is 631 g/mol. The minimum Gasteiger partial charge on any atom is -0.228 e. The van der Waals surface area contributed by atoms with Crippen LogP contribution in [0.15, 0.2) is 170 Å². The van der Waals surface area contributed by atoms with Crippen molar-refractivity contribution in [2.45, 2.75) is 0 Å². The molecule has 0 fully saturated rings. The average molecular weight is 632 g/mol. The number of thiophene rings is 1. The summed E-state index contributed by atoms with van der Waals surface area (Å²) in [4.78, 5) is 10.6. The molecular weight excluding hydrogens is 601 g/mol.